The molecule has 5 rings (SSSR count). The van der Waals surface area contributed by atoms with Gasteiger partial charge in [-0.25, -0.2) is 8.78 Å². The van der Waals surface area contributed by atoms with Crippen LogP contribution in [0.4, 0.5) is 8.78 Å². The smallest absolute Gasteiger partial charge is 0.258 e. The number of benzene rings is 3. The minimum absolute atomic E-state index is 0.225. The molecule has 2 heterocycles. The summed E-state index contributed by atoms with van der Waals surface area (Å²) in [7, 11) is 0. The fraction of sp³-hybridized carbons (Fsp3) is 0.148. The fourth-order valence-electron chi connectivity index (χ4n) is 4.10. The van der Waals surface area contributed by atoms with E-state index >= 15 is 0 Å². The van der Waals surface area contributed by atoms with Gasteiger partial charge in [-0.1, -0.05) is 65.3 Å². The highest BCUT2D eigenvalue weighted by molar-refractivity contribution is 7.80. The zero-order chi connectivity index (χ0) is 24.5. The van der Waals surface area contributed by atoms with Gasteiger partial charge in [0, 0.05) is 16.8 Å². The molecule has 1 aromatic heterocycles. The topological polar surface area (TPSA) is 54.2 Å². The molecule has 0 bridgehead atoms. The van der Waals surface area contributed by atoms with Crippen molar-refractivity contribution in [1.29, 1.82) is 0 Å². The fourth-order valence-corrected chi connectivity index (χ4v) is 4.42. The van der Waals surface area contributed by atoms with Crippen molar-refractivity contribution in [3.63, 3.8) is 0 Å². The van der Waals surface area contributed by atoms with Crippen LogP contribution < -0.4 is 5.32 Å². The average molecular weight is 489 g/mol. The normalized spacial score (nSPS) is 15.9. The van der Waals surface area contributed by atoms with Crippen LogP contribution in [0.1, 0.15) is 35.5 Å². The van der Waals surface area contributed by atoms with Crippen LogP contribution >= 0.6 is 12.2 Å². The molecule has 1 aliphatic rings. The summed E-state index contributed by atoms with van der Waals surface area (Å²) in [6, 6.07) is 20.1. The molecule has 0 saturated carbocycles. The summed E-state index contributed by atoms with van der Waals surface area (Å²) in [5.41, 5.74) is 4.66. The lowest BCUT2D eigenvalue weighted by molar-refractivity contribution is 0.395. The van der Waals surface area contributed by atoms with Crippen LogP contribution in [0.3, 0.4) is 0 Å². The Labute approximate surface area is 207 Å². The molecule has 35 heavy (non-hydrogen) atoms. The van der Waals surface area contributed by atoms with E-state index in [2.05, 4.69) is 15.5 Å². The molecule has 1 N–H and O–H groups in total. The molecule has 1 unspecified atom stereocenters. The van der Waals surface area contributed by atoms with E-state index in [4.69, 9.17) is 16.7 Å². The highest BCUT2D eigenvalue weighted by Gasteiger charge is 2.34. The quantitative estimate of drug-likeness (QED) is 0.338. The first-order valence-corrected chi connectivity index (χ1v) is 11.5. The van der Waals surface area contributed by atoms with E-state index in [-0.39, 0.29) is 18.2 Å². The first-order chi connectivity index (χ1) is 16.9. The first-order valence-electron chi connectivity index (χ1n) is 11.1. The number of aromatic nitrogens is 2. The SMILES string of the molecule is CC1=C(c2nc(-c3ccc(C)cc3)no2)C(c2ccc(F)cc2)NC(=S)N1Cc1ccccc1F. The molecule has 4 aromatic rings. The van der Waals surface area contributed by atoms with Gasteiger partial charge in [0.15, 0.2) is 5.11 Å². The van der Waals surface area contributed by atoms with Gasteiger partial charge in [-0.3, -0.25) is 0 Å². The Morgan fingerprint density at radius 1 is 0.971 bits per heavy atom. The number of aryl methyl sites for hydroxylation is 1. The molecule has 0 fully saturated rings. The average Bonchev–Trinajstić information content (AvgIpc) is 3.33. The number of hydrogen-bond acceptors (Lipinski definition) is 4. The second-order valence-electron chi connectivity index (χ2n) is 8.40. The van der Waals surface area contributed by atoms with Gasteiger partial charge in [0.25, 0.3) is 5.89 Å². The first kappa shape index (κ1) is 22.9. The maximum Gasteiger partial charge on any atom is 0.258 e. The number of nitrogens with one attached hydrogen (secondary N) is 1. The molecule has 1 atom stereocenters. The molecule has 0 amide bonds. The van der Waals surface area contributed by atoms with Gasteiger partial charge in [-0.2, -0.15) is 4.98 Å². The number of halogens is 2. The van der Waals surface area contributed by atoms with Crippen molar-refractivity contribution < 1.29 is 13.3 Å². The minimum atomic E-state index is -0.453. The van der Waals surface area contributed by atoms with Crippen molar-refractivity contribution in [2.75, 3.05) is 0 Å². The Hall–Kier alpha value is -3.91. The molecule has 0 radical (unpaired) electrons. The van der Waals surface area contributed by atoms with Crippen LogP contribution in [-0.2, 0) is 6.54 Å². The van der Waals surface area contributed by atoms with Crippen LogP contribution in [0.5, 0.6) is 0 Å². The Morgan fingerprint density at radius 3 is 2.40 bits per heavy atom. The third-order valence-corrected chi connectivity index (χ3v) is 6.39. The molecule has 3 aromatic carbocycles. The molecule has 5 nitrogen and oxygen atoms in total. The molecule has 176 valence electrons. The van der Waals surface area contributed by atoms with Crippen molar-refractivity contribution in [1.82, 2.24) is 20.4 Å². The van der Waals surface area contributed by atoms with E-state index in [0.29, 0.717) is 28.0 Å². The number of hydrogen-bond donors (Lipinski definition) is 1. The second-order valence-corrected chi connectivity index (χ2v) is 8.79. The Morgan fingerprint density at radius 2 is 1.69 bits per heavy atom. The Bertz CT molecular complexity index is 1410. The van der Waals surface area contributed by atoms with E-state index in [1.165, 1.54) is 18.2 Å². The summed E-state index contributed by atoms with van der Waals surface area (Å²) in [6.07, 6.45) is 0. The van der Waals surface area contributed by atoms with Gasteiger partial charge in [0.1, 0.15) is 11.6 Å². The van der Waals surface area contributed by atoms with Crippen LogP contribution in [0, 0.1) is 18.6 Å². The van der Waals surface area contributed by atoms with Crippen molar-refractivity contribution >= 4 is 22.9 Å². The monoisotopic (exact) mass is 488 g/mol. The number of rotatable bonds is 5. The maximum absolute atomic E-state index is 14.4. The zero-order valence-electron chi connectivity index (χ0n) is 19.1. The highest BCUT2D eigenvalue weighted by atomic mass is 32.1. The third kappa shape index (κ3) is 4.57. The summed E-state index contributed by atoms with van der Waals surface area (Å²) in [5.74, 6) is 0.104. The lowest BCUT2D eigenvalue weighted by Crippen LogP contribution is -2.45. The minimum Gasteiger partial charge on any atom is -0.351 e. The molecule has 1 aliphatic heterocycles. The largest absolute Gasteiger partial charge is 0.351 e. The van der Waals surface area contributed by atoms with Crippen molar-refractivity contribution in [3.8, 4) is 11.4 Å². The molecular weight excluding hydrogens is 466 g/mol. The number of thiocarbonyl (C=S) groups is 1. The van der Waals surface area contributed by atoms with E-state index < -0.39 is 6.04 Å². The Kier molecular flexibility index (Phi) is 6.13. The van der Waals surface area contributed by atoms with Crippen LogP contribution in [0.25, 0.3) is 17.0 Å². The van der Waals surface area contributed by atoms with E-state index in [1.807, 2.05) is 38.1 Å². The summed E-state index contributed by atoms with van der Waals surface area (Å²) in [5, 5.41) is 7.91. The van der Waals surface area contributed by atoms with E-state index in [0.717, 1.165) is 22.4 Å². The third-order valence-electron chi connectivity index (χ3n) is 6.05. The number of nitrogens with zero attached hydrogens (tertiary/aromatic N) is 3. The van der Waals surface area contributed by atoms with Crippen molar-refractivity contribution in [3.05, 3.63) is 113 Å². The maximum atomic E-state index is 14.4. The zero-order valence-corrected chi connectivity index (χ0v) is 19.9. The van der Waals surface area contributed by atoms with E-state index in [9.17, 15) is 8.78 Å². The summed E-state index contributed by atoms with van der Waals surface area (Å²) in [4.78, 5) is 6.47. The molecule has 8 heteroatoms. The number of allylic oxidation sites excluding steroid dienone is 1. The van der Waals surface area contributed by atoms with Gasteiger partial charge >= 0.3 is 0 Å². The van der Waals surface area contributed by atoms with Gasteiger partial charge < -0.3 is 14.7 Å². The van der Waals surface area contributed by atoms with Gasteiger partial charge in [-0.15, -0.1) is 0 Å². The predicted molar refractivity (Wildman–Crippen MR) is 134 cm³/mol. The second kappa shape index (κ2) is 9.38. The predicted octanol–water partition coefficient (Wildman–Crippen LogP) is 6.19. The molecule has 0 aliphatic carbocycles. The summed E-state index contributed by atoms with van der Waals surface area (Å²) in [6.45, 7) is 4.12. The van der Waals surface area contributed by atoms with Crippen molar-refractivity contribution in [2.45, 2.75) is 26.4 Å². The Balaban J connectivity index is 1.60. The van der Waals surface area contributed by atoms with Crippen LogP contribution in [0.2, 0.25) is 0 Å². The van der Waals surface area contributed by atoms with Crippen LogP contribution in [0.15, 0.2) is 83.0 Å². The van der Waals surface area contributed by atoms with Gasteiger partial charge in [-0.05, 0) is 49.8 Å². The van der Waals surface area contributed by atoms with Gasteiger partial charge in [0.2, 0.25) is 5.82 Å². The molecular formula is C27H22F2N4OS. The van der Waals surface area contributed by atoms with E-state index in [1.54, 1.807) is 35.2 Å². The van der Waals surface area contributed by atoms with Crippen molar-refractivity contribution in [2.24, 2.45) is 0 Å². The standard InChI is InChI=1S/C27H22F2N4OS/c1-16-7-9-19(10-8-16)25-31-26(34-32-25)23-17(2)33(15-20-5-3-4-6-22(20)29)27(35)30-24(23)18-11-13-21(28)14-12-18/h3-14,24H,15H2,1-2H3,(H,30,35). The molecule has 0 saturated heterocycles. The summed E-state index contributed by atoms with van der Waals surface area (Å²) < 4.78 is 33.8. The lowest BCUT2D eigenvalue weighted by atomic mass is 9.94. The van der Waals surface area contributed by atoms with Gasteiger partial charge in [0.05, 0.1) is 18.2 Å². The molecule has 0 spiro atoms. The van der Waals surface area contributed by atoms with Crippen LogP contribution in [-0.4, -0.2) is 20.2 Å². The summed E-state index contributed by atoms with van der Waals surface area (Å²) >= 11 is 5.66. The lowest BCUT2D eigenvalue weighted by Gasteiger charge is -2.37. The highest BCUT2D eigenvalue weighted by Crippen LogP contribution is 2.38.